The smallest absolute Gasteiger partial charge is 0.228 e. The molecule has 0 aliphatic heterocycles. The van der Waals surface area contributed by atoms with Crippen LogP contribution in [0.2, 0.25) is 0 Å². The first-order valence-corrected chi connectivity index (χ1v) is 9.95. The molecule has 1 aromatic carbocycles. The number of carbonyl (C=O) groups excluding carboxylic acids is 2. The second-order valence-corrected chi connectivity index (χ2v) is 8.29. The minimum Gasteiger partial charge on any atom is -0.356 e. The van der Waals surface area contributed by atoms with E-state index >= 15 is 0 Å². The van der Waals surface area contributed by atoms with E-state index in [0.717, 1.165) is 29.4 Å². The number of nitrogens with one attached hydrogen (secondary N) is 2. The van der Waals surface area contributed by atoms with Crippen molar-refractivity contribution in [2.45, 2.75) is 47.0 Å². The van der Waals surface area contributed by atoms with E-state index in [9.17, 15) is 9.59 Å². The number of amides is 2. The summed E-state index contributed by atoms with van der Waals surface area (Å²) < 4.78 is 0.967. The maximum absolute atomic E-state index is 13.1. The van der Waals surface area contributed by atoms with Crippen LogP contribution in [0.1, 0.15) is 47.0 Å². The third kappa shape index (κ3) is 4.84. The molecule has 2 amide bonds. The molecule has 1 saturated carbocycles. The zero-order valence-electron chi connectivity index (χ0n) is 15.6. The lowest BCUT2D eigenvalue weighted by Crippen LogP contribution is -2.43. The van der Waals surface area contributed by atoms with Crippen molar-refractivity contribution in [3.05, 3.63) is 28.7 Å². The highest BCUT2D eigenvalue weighted by molar-refractivity contribution is 9.10. The van der Waals surface area contributed by atoms with Crippen molar-refractivity contribution in [1.29, 1.82) is 0 Å². The molecule has 0 spiro atoms. The van der Waals surface area contributed by atoms with Crippen LogP contribution in [-0.2, 0) is 9.59 Å². The van der Waals surface area contributed by atoms with Crippen LogP contribution < -0.4 is 10.6 Å². The van der Waals surface area contributed by atoms with Crippen LogP contribution in [0.5, 0.6) is 0 Å². The van der Waals surface area contributed by atoms with Gasteiger partial charge in [-0.05, 0) is 55.4 Å². The quantitative estimate of drug-likeness (QED) is 0.659. The molecule has 25 heavy (non-hydrogen) atoms. The van der Waals surface area contributed by atoms with Crippen LogP contribution in [-0.4, -0.2) is 18.4 Å². The molecule has 4 nitrogen and oxygen atoms in total. The Morgan fingerprint density at radius 1 is 1.16 bits per heavy atom. The predicted molar refractivity (Wildman–Crippen MR) is 105 cm³/mol. The lowest BCUT2D eigenvalue weighted by Gasteiger charge is -2.34. The lowest BCUT2D eigenvalue weighted by molar-refractivity contribution is -0.134. The standard InChI is InChI=1S/C20H29BrN2O2/c1-5-16(20(4)11-12-20)17(13(3)18(24)22-6-2)19(25)23-15-9-7-14(21)8-10-15/h7-10,13,16-17H,5-6,11-12H2,1-4H3,(H,22,24)(H,23,25). The Bertz CT molecular complexity index is 611. The number of halogens is 1. The highest BCUT2D eigenvalue weighted by atomic mass is 79.9. The van der Waals surface area contributed by atoms with E-state index in [0.29, 0.717) is 6.54 Å². The number of hydrogen-bond acceptors (Lipinski definition) is 2. The molecule has 0 bridgehead atoms. The van der Waals surface area contributed by atoms with Gasteiger partial charge < -0.3 is 10.6 Å². The first-order chi connectivity index (χ1) is 11.8. The van der Waals surface area contributed by atoms with Gasteiger partial charge in [-0.2, -0.15) is 0 Å². The molecular weight excluding hydrogens is 380 g/mol. The molecular formula is C20H29BrN2O2. The molecule has 3 atom stereocenters. The molecule has 2 rings (SSSR count). The van der Waals surface area contributed by atoms with Gasteiger partial charge in [0.15, 0.2) is 0 Å². The fourth-order valence-electron chi connectivity index (χ4n) is 3.76. The average molecular weight is 409 g/mol. The molecule has 0 aromatic heterocycles. The summed E-state index contributed by atoms with van der Waals surface area (Å²) in [5.74, 6) is -0.562. The molecule has 0 radical (unpaired) electrons. The van der Waals surface area contributed by atoms with Crippen molar-refractivity contribution in [3.8, 4) is 0 Å². The molecule has 1 aliphatic rings. The summed E-state index contributed by atoms with van der Waals surface area (Å²) in [7, 11) is 0. The zero-order valence-corrected chi connectivity index (χ0v) is 17.2. The zero-order chi connectivity index (χ0) is 18.6. The Kier molecular flexibility index (Phi) is 6.66. The van der Waals surface area contributed by atoms with Gasteiger partial charge in [0.05, 0.1) is 5.92 Å². The van der Waals surface area contributed by atoms with Crippen LogP contribution in [0.3, 0.4) is 0 Å². The SMILES string of the molecule is CCNC(=O)C(C)C(C(=O)Nc1ccc(Br)cc1)C(CC)C1(C)CC1. The lowest BCUT2D eigenvalue weighted by atomic mass is 9.72. The van der Waals surface area contributed by atoms with Gasteiger partial charge in [-0.3, -0.25) is 9.59 Å². The molecule has 0 saturated heterocycles. The van der Waals surface area contributed by atoms with Crippen molar-refractivity contribution in [3.63, 3.8) is 0 Å². The highest BCUT2D eigenvalue weighted by Gasteiger charge is 2.51. The highest BCUT2D eigenvalue weighted by Crippen LogP contribution is 2.56. The van der Waals surface area contributed by atoms with Gasteiger partial charge in [0.1, 0.15) is 0 Å². The first-order valence-electron chi connectivity index (χ1n) is 9.16. The number of carbonyl (C=O) groups is 2. The Labute approximate surface area is 159 Å². The monoisotopic (exact) mass is 408 g/mol. The van der Waals surface area contributed by atoms with E-state index in [4.69, 9.17) is 0 Å². The fraction of sp³-hybridized carbons (Fsp3) is 0.600. The maximum atomic E-state index is 13.1. The minimum absolute atomic E-state index is 0.0406. The van der Waals surface area contributed by atoms with E-state index in [1.54, 1.807) is 0 Å². The summed E-state index contributed by atoms with van der Waals surface area (Å²) in [4.78, 5) is 25.6. The molecule has 0 heterocycles. The third-order valence-electron chi connectivity index (χ3n) is 5.52. The Balaban J connectivity index is 2.24. The summed E-state index contributed by atoms with van der Waals surface area (Å²) in [6, 6.07) is 7.54. The van der Waals surface area contributed by atoms with Crippen LogP contribution in [0, 0.1) is 23.2 Å². The third-order valence-corrected chi connectivity index (χ3v) is 6.05. The van der Waals surface area contributed by atoms with E-state index < -0.39 is 0 Å². The normalized spacial score (nSPS) is 18.8. The van der Waals surface area contributed by atoms with Gasteiger partial charge in [0.2, 0.25) is 11.8 Å². The van der Waals surface area contributed by atoms with Gasteiger partial charge in [0, 0.05) is 22.6 Å². The van der Waals surface area contributed by atoms with E-state index in [2.05, 4.69) is 40.4 Å². The predicted octanol–water partition coefficient (Wildman–Crippen LogP) is 4.60. The van der Waals surface area contributed by atoms with Crippen LogP contribution in [0.25, 0.3) is 0 Å². The van der Waals surface area contributed by atoms with Gasteiger partial charge >= 0.3 is 0 Å². The number of rotatable bonds is 8. The Morgan fingerprint density at radius 3 is 2.24 bits per heavy atom. The van der Waals surface area contributed by atoms with E-state index in [-0.39, 0.29) is 35.0 Å². The van der Waals surface area contributed by atoms with Gasteiger partial charge in [-0.25, -0.2) is 0 Å². The van der Waals surface area contributed by atoms with Gasteiger partial charge in [-0.1, -0.05) is 43.1 Å². The first kappa shape index (κ1) is 20.0. The van der Waals surface area contributed by atoms with Crippen molar-refractivity contribution in [2.24, 2.45) is 23.2 Å². The molecule has 1 fully saturated rings. The largest absolute Gasteiger partial charge is 0.356 e. The molecule has 2 N–H and O–H groups in total. The van der Waals surface area contributed by atoms with Crippen molar-refractivity contribution < 1.29 is 9.59 Å². The second kappa shape index (κ2) is 8.35. The van der Waals surface area contributed by atoms with Crippen molar-refractivity contribution >= 4 is 33.4 Å². The van der Waals surface area contributed by atoms with Gasteiger partial charge in [0.25, 0.3) is 0 Å². The summed E-state index contributed by atoms with van der Waals surface area (Å²) in [5, 5.41) is 5.90. The van der Waals surface area contributed by atoms with Crippen LogP contribution in [0.15, 0.2) is 28.7 Å². The second-order valence-electron chi connectivity index (χ2n) is 7.37. The Hall–Kier alpha value is -1.36. The average Bonchev–Trinajstić information content (AvgIpc) is 3.32. The summed E-state index contributed by atoms with van der Waals surface area (Å²) >= 11 is 3.40. The van der Waals surface area contributed by atoms with Crippen LogP contribution in [0.4, 0.5) is 5.69 Å². The number of anilines is 1. The maximum Gasteiger partial charge on any atom is 0.228 e. The number of benzene rings is 1. The van der Waals surface area contributed by atoms with Crippen molar-refractivity contribution in [2.75, 3.05) is 11.9 Å². The molecule has 3 unspecified atom stereocenters. The topological polar surface area (TPSA) is 58.2 Å². The summed E-state index contributed by atoms with van der Waals surface area (Å²) in [5.41, 5.74) is 0.939. The minimum atomic E-state index is -0.349. The number of hydrogen-bond donors (Lipinski definition) is 2. The van der Waals surface area contributed by atoms with E-state index in [1.807, 2.05) is 38.1 Å². The molecule has 5 heteroatoms. The molecule has 1 aromatic rings. The van der Waals surface area contributed by atoms with Crippen molar-refractivity contribution in [1.82, 2.24) is 5.32 Å². The summed E-state index contributed by atoms with van der Waals surface area (Å²) in [6.45, 7) is 8.73. The van der Waals surface area contributed by atoms with Crippen LogP contribution >= 0.6 is 15.9 Å². The fourth-order valence-corrected chi connectivity index (χ4v) is 4.03. The summed E-state index contributed by atoms with van der Waals surface area (Å²) in [6.07, 6.45) is 3.17. The van der Waals surface area contributed by atoms with E-state index in [1.165, 1.54) is 0 Å². The Morgan fingerprint density at radius 2 is 1.76 bits per heavy atom. The molecule has 1 aliphatic carbocycles. The van der Waals surface area contributed by atoms with Gasteiger partial charge in [-0.15, -0.1) is 0 Å². The molecule has 138 valence electrons.